The summed E-state index contributed by atoms with van der Waals surface area (Å²) >= 11 is 0. The van der Waals surface area contributed by atoms with Crippen molar-refractivity contribution in [3.8, 4) is 5.75 Å². The zero-order valence-corrected chi connectivity index (χ0v) is 19.7. The Kier molecular flexibility index (Phi) is 8.97. The van der Waals surface area contributed by atoms with E-state index in [1.807, 2.05) is 24.4 Å². The molecule has 3 rings (SSSR count). The van der Waals surface area contributed by atoms with E-state index in [0.717, 1.165) is 24.0 Å². The number of carbonyl (C=O) groups is 1. The highest BCUT2D eigenvalue weighted by Gasteiger charge is 2.13. The molecule has 1 heterocycles. The zero-order chi connectivity index (χ0) is 20.6. The number of halogens is 1. The molecule has 2 aromatic carbocycles. The molecule has 0 saturated carbocycles. The second kappa shape index (κ2) is 11.4. The van der Waals surface area contributed by atoms with Crippen molar-refractivity contribution in [1.82, 2.24) is 15.6 Å². The van der Waals surface area contributed by atoms with Crippen molar-refractivity contribution in [1.29, 1.82) is 0 Å². The van der Waals surface area contributed by atoms with Gasteiger partial charge < -0.3 is 25.1 Å². The van der Waals surface area contributed by atoms with Crippen LogP contribution >= 0.6 is 24.0 Å². The van der Waals surface area contributed by atoms with E-state index in [9.17, 15) is 4.79 Å². The Morgan fingerprint density at radius 3 is 2.67 bits per heavy atom. The van der Waals surface area contributed by atoms with Crippen LogP contribution in [0.2, 0.25) is 0 Å². The highest BCUT2D eigenvalue weighted by molar-refractivity contribution is 14.0. The summed E-state index contributed by atoms with van der Waals surface area (Å²) in [6, 6.07) is 13.7. The van der Waals surface area contributed by atoms with Crippen LogP contribution in [-0.2, 0) is 17.7 Å². The maximum Gasteiger partial charge on any atom is 0.341 e. The summed E-state index contributed by atoms with van der Waals surface area (Å²) in [6.07, 6.45) is 2.92. The molecule has 0 radical (unpaired) electrons. The van der Waals surface area contributed by atoms with Gasteiger partial charge in [0.2, 0.25) is 0 Å². The number of para-hydroxylation sites is 1. The number of aliphatic imine (C=N–C) groups is 1. The maximum absolute atomic E-state index is 11.9. The highest BCUT2D eigenvalue weighted by Crippen LogP contribution is 2.21. The van der Waals surface area contributed by atoms with E-state index in [-0.39, 0.29) is 24.0 Å². The summed E-state index contributed by atoms with van der Waals surface area (Å²) in [4.78, 5) is 19.5. The summed E-state index contributed by atoms with van der Waals surface area (Å²) in [5, 5.41) is 7.83. The van der Waals surface area contributed by atoms with Crippen LogP contribution in [0.25, 0.3) is 10.9 Å². The first-order valence-corrected chi connectivity index (χ1v) is 9.41. The van der Waals surface area contributed by atoms with E-state index in [0.29, 0.717) is 23.8 Å². The lowest BCUT2D eigenvalue weighted by Crippen LogP contribution is -2.37. The molecule has 0 aliphatic rings. The quantitative estimate of drug-likeness (QED) is 0.192. The van der Waals surface area contributed by atoms with Gasteiger partial charge in [-0.3, -0.25) is 4.99 Å². The minimum absolute atomic E-state index is 0. The summed E-state index contributed by atoms with van der Waals surface area (Å²) in [5.74, 6) is 0.757. The maximum atomic E-state index is 11.9. The standard InChI is InChI=1S/C22H26N4O3.HI/c1-23-22(24-11-10-16-14-25-19-7-5-4-6-17(16)19)26-13-15-8-9-20(28-2)18(12-15)21(27)29-3;/h4-9,12,14,25H,10-11,13H2,1-3H3,(H2,23,24,26);1H. The Morgan fingerprint density at radius 2 is 1.93 bits per heavy atom. The van der Waals surface area contributed by atoms with Crippen LogP contribution in [0.1, 0.15) is 21.5 Å². The Bertz CT molecular complexity index is 1020. The first-order valence-electron chi connectivity index (χ1n) is 9.41. The van der Waals surface area contributed by atoms with Crippen molar-refractivity contribution in [2.24, 2.45) is 4.99 Å². The lowest BCUT2D eigenvalue weighted by molar-refractivity contribution is 0.0597. The van der Waals surface area contributed by atoms with Gasteiger partial charge in [-0.25, -0.2) is 4.79 Å². The predicted octanol–water partition coefficient (Wildman–Crippen LogP) is 3.49. The Hall–Kier alpha value is -2.75. The van der Waals surface area contributed by atoms with E-state index in [1.54, 1.807) is 19.2 Å². The van der Waals surface area contributed by atoms with E-state index in [4.69, 9.17) is 9.47 Å². The summed E-state index contributed by atoms with van der Waals surface area (Å²) in [5.41, 5.74) is 3.73. The SMILES string of the molecule is CN=C(NCCc1c[nH]c2ccccc12)NCc1ccc(OC)c(C(=O)OC)c1.I. The fourth-order valence-corrected chi connectivity index (χ4v) is 3.19. The second-order valence-corrected chi connectivity index (χ2v) is 6.49. The van der Waals surface area contributed by atoms with Crippen LogP contribution < -0.4 is 15.4 Å². The fraction of sp³-hybridized carbons (Fsp3) is 0.273. The molecule has 0 fully saturated rings. The van der Waals surface area contributed by atoms with Crippen molar-refractivity contribution < 1.29 is 14.3 Å². The monoisotopic (exact) mass is 522 g/mol. The molecule has 3 N–H and O–H groups in total. The molecule has 0 amide bonds. The Labute approximate surface area is 193 Å². The number of ether oxygens (including phenoxy) is 2. The molecule has 0 aliphatic carbocycles. The third-order valence-corrected chi connectivity index (χ3v) is 4.71. The number of hydrogen-bond donors (Lipinski definition) is 3. The topological polar surface area (TPSA) is 87.7 Å². The van der Waals surface area contributed by atoms with Gasteiger partial charge in [-0.2, -0.15) is 0 Å². The van der Waals surface area contributed by atoms with Crippen LogP contribution in [-0.4, -0.2) is 44.7 Å². The number of guanidine groups is 1. The summed E-state index contributed by atoms with van der Waals surface area (Å²) < 4.78 is 10.1. The molecule has 0 spiro atoms. The Balaban J connectivity index is 0.00000320. The number of nitrogens with one attached hydrogen (secondary N) is 3. The van der Waals surface area contributed by atoms with Gasteiger partial charge in [-0.05, 0) is 35.7 Å². The van der Waals surface area contributed by atoms with Crippen LogP contribution in [0.5, 0.6) is 5.75 Å². The van der Waals surface area contributed by atoms with Gasteiger partial charge in [0.25, 0.3) is 0 Å². The predicted molar refractivity (Wildman–Crippen MR) is 130 cm³/mol. The van der Waals surface area contributed by atoms with E-state index < -0.39 is 5.97 Å². The van der Waals surface area contributed by atoms with E-state index >= 15 is 0 Å². The number of hydrogen-bond acceptors (Lipinski definition) is 4. The highest BCUT2D eigenvalue weighted by atomic mass is 127. The van der Waals surface area contributed by atoms with Crippen LogP contribution in [0, 0.1) is 0 Å². The molecular weight excluding hydrogens is 495 g/mol. The number of esters is 1. The van der Waals surface area contributed by atoms with Crippen LogP contribution in [0.15, 0.2) is 53.7 Å². The largest absolute Gasteiger partial charge is 0.496 e. The van der Waals surface area contributed by atoms with Gasteiger partial charge in [0.1, 0.15) is 11.3 Å². The average molecular weight is 522 g/mol. The normalized spacial score (nSPS) is 11.0. The number of H-pyrrole nitrogens is 1. The number of fused-ring (bicyclic) bond motifs is 1. The van der Waals surface area contributed by atoms with Crippen LogP contribution in [0.4, 0.5) is 0 Å². The van der Waals surface area contributed by atoms with Gasteiger partial charge in [-0.15, -0.1) is 24.0 Å². The molecule has 1 aromatic heterocycles. The van der Waals surface area contributed by atoms with Gasteiger partial charge in [-0.1, -0.05) is 24.3 Å². The molecule has 0 saturated heterocycles. The summed E-state index contributed by atoms with van der Waals surface area (Å²) in [6.45, 7) is 1.26. The van der Waals surface area contributed by atoms with Gasteiger partial charge in [0.15, 0.2) is 5.96 Å². The van der Waals surface area contributed by atoms with Crippen molar-refractivity contribution in [3.05, 3.63) is 65.4 Å². The minimum Gasteiger partial charge on any atom is -0.496 e. The zero-order valence-electron chi connectivity index (χ0n) is 17.3. The van der Waals surface area contributed by atoms with Crippen molar-refractivity contribution in [3.63, 3.8) is 0 Å². The molecule has 0 atom stereocenters. The van der Waals surface area contributed by atoms with Gasteiger partial charge in [0.05, 0.1) is 14.2 Å². The van der Waals surface area contributed by atoms with E-state index in [1.165, 1.54) is 25.2 Å². The number of carbonyl (C=O) groups excluding carboxylic acids is 1. The molecule has 3 aromatic rings. The molecule has 160 valence electrons. The molecule has 8 heteroatoms. The molecule has 7 nitrogen and oxygen atoms in total. The number of rotatable bonds is 7. The minimum atomic E-state index is -0.426. The molecule has 0 aliphatic heterocycles. The lowest BCUT2D eigenvalue weighted by atomic mass is 10.1. The molecular formula is C22H27IN4O3. The molecule has 30 heavy (non-hydrogen) atoms. The number of aromatic amines is 1. The molecule has 0 bridgehead atoms. The number of benzene rings is 2. The van der Waals surface area contributed by atoms with Crippen molar-refractivity contribution >= 4 is 46.8 Å². The number of aromatic nitrogens is 1. The average Bonchev–Trinajstić information content (AvgIpc) is 3.18. The van der Waals surface area contributed by atoms with Crippen molar-refractivity contribution in [2.75, 3.05) is 27.8 Å². The summed E-state index contributed by atoms with van der Waals surface area (Å²) in [7, 11) is 4.61. The smallest absolute Gasteiger partial charge is 0.341 e. The lowest BCUT2D eigenvalue weighted by Gasteiger charge is -2.13. The third kappa shape index (κ3) is 5.65. The van der Waals surface area contributed by atoms with E-state index in [2.05, 4.69) is 32.7 Å². The van der Waals surface area contributed by atoms with Gasteiger partial charge >= 0.3 is 5.97 Å². The van der Waals surface area contributed by atoms with Crippen molar-refractivity contribution in [2.45, 2.75) is 13.0 Å². The fourth-order valence-electron chi connectivity index (χ4n) is 3.19. The second-order valence-electron chi connectivity index (χ2n) is 6.49. The number of methoxy groups -OCH3 is 2. The third-order valence-electron chi connectivity index (χ3n) is 4.71. The molecule has 0 unspecified atom stereocenters. The first-order chi connectivity index (χ1) is 14.2. The first kappa shape index (κ1) is 23.5. The number of nitrogens with zero attached hydrogens (tertiary/aromatic N) is 1. The Morgan fingerprint density at radius 1 is 1.13 bits per heavy atom. The van der Waals surface area contributed by atoms with Crippen LogP contribution in [0.3, 0.4) is 0 Å². The van der Waals surface area contributed by atoms with Gasteiger partial charge in [0, 0.05) is 37.2 Å².